The van der Waals surface area contributed by atoms with Gasteiger partial charge in [-0.25, -0.2) is 12.7 Å². The van der Waals surface area contributed by atoms with E-state index < -0.39 is 10.0 Å². The minimum Gasteiger partial charge on any atom is -0.301 e. The Morgan fingerprint density at radius 2 is 2.15 bits per heavy atom. The van der Waals surface area contributed by atoms with Gasteiger partial charge in [0.2, 0.25) is 10.0 Å². The van der Waals surface area contributed by atoms with E-state index in [0.717, 1.165) is 31.5 Å². The van der Waals surface area contributed by atoms with E-state index >= 15 is 0 Å². The van der Waals surface area contributed by atoms with Crippen molar-refractivity contribution in [2.75, 3.05) is 18.8 Å². The molecule has 20 heavy (non-hydrogen) atoms. The number of hydrogen-bond acceptors (Lipinski definition) is 4. The van der Waals surface area contributed by atoms with Gasteiger partial charge in [-0.05, 0) is 44.8 Å². The summed E-state index contributed by atoms with van der Waals surface area (Å²) < 4.78 is 28.4. The van der Waals surface area contributed by atoms with Crippen LogP contribution in [0.2, 0.25) is 0 Å². The Morgan fingerprint density at radius 1 is 1.40 bits per heavy atom. The third-order valence-corrected chi connectivity index (χ3v) is 6.29. The SMILES string of the molecule is CCS(=O)(=O)N1CCC[C@@H](c2n[nH]c(=S)n2C2CC2)C1. The molecule has 2 fully saturated rings. The Kier molecular flexibility index (Phi) is 3.72. The van der Waals surface area contributed by atoms with E-state index in [2.05, 4.69) is 14.8 Å². The molecule has 3 rings (SSSR count). The van der Waals surface area contributed by atoms with E-state index in [-0.39, 0.29) is 11.7 Å². The van der Waals surface area contributed by atoms with Gasteiger partial charge in [-0.3, -0.25) is 5.10 Å². The first-order valence-electron chi connectivity index (χ1n) is 7.17. The van der Waals surface area contributed by atoms with Crippen molar-refractivity contribution in [2.45, 2.75) is 44.6 Å². The van der Waals surface area contributed by atoms with Crippen LogP contribution < -0.4 is 0 Å². The van der Waals surface area contributed by atoms with E-state index in [0.29, 0.717) is 23.9 Å². The van der Waals surface area contributed by atoms with Crippen molar-refractivity contribution in [3.63, 3.8) is 0 Å². The summed E-state index contributed by atoms with van der Waals surface area (Å²) in [7, 11) is -3.11. The van der Waals surface area contributed by atoms with Crippen molar-refractivity contribution in [1.82, 2.24) is 19.1 Å². The molecule has 8 heteroatoms. The molecule has 1 atom stereocenters. The van der Waals surface area contributed by atoms with Crippen molar-refractivity contribution in [2.24, 2.45) is 0 Å². The number of nitrogens with zero attached hydrogens (tertiary/aromatic N) is 3. The Morgan fingerprint density at radius 3 is 2.80 bits per heavy atom. The van der Waals surface area contributed by atoms with E-state index in [9.17, 15) is 8.42 Å². The number of piperidine rings is 1. The highest BCUT2D eigenvalue weighted by molar-refractivity contribution is 7.89. The topological polar surface area (TPSA) is 71.0 Å². The smallest absolute Gasteiger partial charge is 0.213 e. The van der Waals surface area contributed by atoms with Crippen LogP contribution in [-0.2, 0) is 10.0 Å². The fourth-order valence-corrected chi connectivity index (χ4v) is 4.35. The summed E-state index contributed by atoms with van der Waals surface area (Å²) in [6.07, 6.45) is 4.14. The van der Waals surface area contributed by atoms with Crippen LogP contribution in [-0.4, -0.2) is 46.3 Å². The maximum absolute atomic E-state index is 12.0. The van der Waals surface area contributed by atoms with E-state index in [1.807, 2.05) is 0 Å². The van der Waals surface area contributed by atoms with Crippen molar-refractivity contribution in [3.05, 3.63) is 10.6 Å². The molecular weight excluding hydrogens is 296 g/mol. The molecule has 0 bridgehead atoms. The van der Waals surface area contributed by atoms with Crippen LogP contribution in [0.15, 0.2) is 0 Å². The number of sulfonamides is 1. The van der Waals surface area contributed by atoms with Gasteiger partial charge in [-0.1, -0.05) is 0 Å². The average molecular weight is 316 g/mol. The average Bonchev–Trinajstić information content (AvgIpc) is 3.21. The zero-order chi connectivity index (χ0) is 14.3. The first-order valence-corrected chi connectivity index (χ1v) is 9.19. The van der Waals surface area contributed by atoms with Gasteiger partial charge in [0.05, 0.1) is 5.75 Å². The number of rotatable bonds is 4. The van der Waals surface area contributed by atoms with Crippen molar-refractivity contribution in [1.29, 1.82) is 0 Å². The molecule has 0 amide bonds. The molecule has 2 heterocycles. The molecule has 1 saturated carbocycles. The summed E-state index contributed by atoms with van der Waals surface area (Å²) in [6, 6.07) is 0.467. The van der Waals surface area contributed by atoms with Gasteiger partial charge in [0, 0.05) is 25.0 Å². The molecule has 2 aliphatic rings. The second-order valence-electron chi connectivity index (χ2n) is 5.59. The number of aromatic nitrogens is 3. The van der Waals surface area contributed by atoms with Crippen LogP contribution in [0.4, 0.5) is 0 Å². The molecule has 1 aliphatic carbocycles. The van der Waals surface area contributed by atoms with Crippen molar-refractivity contribution >= 4 is 22.2 Å². The van der Waals surface area contributed by atoms with Crippen LogP contribution in [0.5, 0.6) is 0 Å². The van der Waals surface area contributed by atoms with Crippen molar-refractivity contribution in [3.8, 4) is 0 Å². The minimum absolute atomic E-state index is 0.152. The molecule has 1 saturated heterocycles. The predicted octanol–water partition coefficient (Wildman–Crippen LogP) is 1.80. The third kappa shape index (κ3) is 2.56. The standard InChI is InChI=1S/C12H20N4O2S2/c1-2-20(17,18)15-7-3-4-9(8-15)11-13-14-12(19)16(11)10-5-6-10/h9-10H,2-8H2,1H3,(H,14,19)/t9-/m1/s1. The summed E-state index contributed by atoms with van der Waals surface area (Å²) in [4.78, 5) is 0. The van der Waals surface area contributed by atoms with Crippen LogP contribution in [0.3, 0.4) is 0 Å². The lowest BCUT2D eigenvalue weighted by molar-refractivity contribution is 0.304. The molecule has 0 aromatic carbocycles. The molecule has 1 aromatic rings. The van der Waals surface area contributed by atoms with Gasteiger partial charge in [-0.15, -0.1) is 0 Å². The van der Waals surface area contributed by atoms with Crippen LogP contribution in [0, 0.1) is 4.77 Å². The summed E-state index contributed by atoms with van der Waals surface area (Å²) >= 11 is 5.30. The monoisotopic (exact) mass is 316 g/mol. The summed E-state index contributed by atoms with van der Waals surface area (Å²) in [5, 5.41) is 7.24. The molecule has 1 aliphatic heterocycles. The zero-order valence-corrected chi connectivity index (χ0v) is 13.2. The summed E-state index contributed by atoms with van der Waals surface area (Å²) in [5.74, 6) is 1.25. The normalized spacial score (nSPS) is 24.9. The van der Waals surface area contributed by atoms with Crippen LogP contribution in [0.1, 0.15) is 50.4 Å². The highest BCUT2D eigenvalue weighted by Crippen LogP contribution is 2.38. The molecule has 1 N–H and O–H groups in total. The number of H-pyrrole nitrogens is 1. The Bertz CT molecular complexity index is 645. The third-order valence-electron chi connectivity index (χ3n) is 4.15. The fourth-order valence-electron chi connectivity index (χ4n) is 2.88. The quantitative estimate of drug-likeness (QED) is 0.860. The largest absolute Gasteiger partial charge is 0.301 e. The fraction of sp³-hybridized carbons (Fsp3) is 0.833. The van der Waals surface area contributed by atoms with Crippen LogP contribution in [0.25, 0.3) is 0 Å². The highest BCUT2D eigenvalue weighted by atomic mass is 32.2. The zero-order valence-electron chi connectivity index (χ0n) is 11.6. The maximum atomic E-state index is 12.0. The first kappa shape index (κ1) is 14.2. The lowest BCUT2D eigenvalue weighted by atomic mass is 9.99. The van der Waals surface area contributed by atoms with Crippen molar-refractivity contribution < 1.29 is 8.42 Å². The molecular formula is C12H20N4O2S2. The minimum atomic E-state index is -3.11. The summed E-state index contributed by atoms with van der Waals surface area (Å²) in [6.45, 7) is 2.85. The Hall–Kier alpha value is -0.730. The van der Waals surface area contributed by atoms with Crippen LogP contribution >= 0.6 is 12.2 Å². The van der Waals surface area contributed by atoms with Gasteiger partial charge in [0.1, 0.15) is 5.82 Å². The van der Waals surface area contributed by atoms with Gasteiger partial charge in [0.15, 0.2) is 4.77 Å². The van der Waals surface area contributed by atoms with E-state index in [1.54, 1.807) is 11.2 Å². The van der Waals surface area contributed by atoms with Gasteiger partial charge in [-0.2, -0.15) is 5.10 Å². The van der Waals surface area contributed by atoms with Gasteiger partial charge >= 0.3 is 0 Å². The first-order chi connectivity index (χ1) is 9.53. The number of hydrogen-bond donors (Lipinski definition) is 1. The lowest BCUT2D eigenvalue weighted by Crippen LogP contribution is -2.40. The molecule has 1 aromatic heterocycles. The van der Waals surface area contributed by atoms with Gasteiger partial charge in [0.25, 0.3) is 0 Å². The molecule has 0 spiro atoms. The number of aromatic amines is 1. The lowest BCUT2D eigenvalue weighted by Gasteiger charge is -2.31. The maximum Gasteiger partial charge on any atom is 0.213 e. The number of nitrogens with one attached hydrogen (secondary N) is 1. The Labute approximate surface area is 124 Å². The summed E-state index contributed by atoms with van der Waals surface area (Å²) in [5.41, 5.74) is 0. The van der Waals surface area contributed by atoms with E-state index in [1.165, 1.54) is 0 Å². The predicted molar refractivity (Wildman–Crippen MR) is 78.7 cm³/mol. The van der Waals surface area contributed by atoms with E-state index in [4.69, 9.17) is 12.2 Å². The molecule has 0 unspecified atom stereocenters. The molecule has 0 radical (unpaired) electrons. The van der Waals surface area contributed by atoms with Gasteiger partial charge < -0.3 is 4.57 Å². The second kappa shape index (κ2) is 5.23. The molecule has 6 nitrogen and oxygen atoms in total. The highest BCUT2D eigenvalue weighted by Gasteiger charge is 2.34. The molecule has 112 valence electrons. The Balaban J connectivity index is 1.86. The second-order valence-corrected chi connectivity index (χ2v) is 8.23.